The highest BCUT2D eigenvalue weighted by Crippen LogP contribution is 2.27. The Bertz CT molecular complexity index is 749. The molecule has 160 valence electrons. The van der Waals surface area contributed by atoms with Crippen molar-refractivity contribution in [3.8, 4) is 0 Å². The molecule has 30 heavy (non-hydrogen) atoms. The Hall–Kier alpha value is -2.43. The number of carbonyl (C=O) groups is 1. The zero-order valence-electron chi connectivity index (χ0n) is 17.9. The van der Waals surface area contributed by atoms with Crippen molar-refractivity contribution < 1.29 is 14.3 Å². The zero-order valence-corrected chi connectivity index (χ0v) is 17.9. The zero-order chi connectivity index (χ0) is 21.0. The maximum absolute atomic E-state index is 11.8. The normalized spacial score (nSPS) is 17.9. The number of nitrogens with one attached hydrogen (secondary N) is 1. The quantitative estimate of drug-likeness (QED) is 0.340. The molecular formula is C26H33NO3. The van der Waals surface area contributed by atoms with Crippen molar-refractivity contribution in [3.05, 3.63) is 83.4 Å². The van der Waals surface area contributed by atoms with Crippen LogP contribution in [0.15, 0.2) is 72.3 Å². The lowest BCUT2D eigenvalue weighted by molar-refractivity contribution is -0.137. The van der Waals surface area contributed by atoms with Crippen LogP contribution < -0.4 is 5.32 Å². The van der Waals surface area contributed by atoms with Gasteiger partial charge in [-0.15, -0.1) is 0 Å². The number of esters is 1. The molecule has 0 saturated carbocycles. The van der Waals surface area contributed by atoms with E-state index in [9.17, 15) is 4.79 Å². The van der Waals surface area contributed by atoms with Crippen LogP contribution in [0.4, 0.5) is 0 Å². The van der Waals surface area contributed by atoms with Crippen molar-refractivity contribution >= 4 is 5.97 Å². The van der Waals surface area contributed by atoms with Gasteiger partial charge >= 0.3 is 5.97 Å². The molecular weight excluding hydrogens is 374 g/mol. The Morgan fingerprint density at radius 2 is 1.73 bits per heavy atom. The van der Waals surface area contributed by atoms with E-state index >= 15 is 0 Å². The Morgan fingerprint density at radius 3 is 2.37 bits per heavy atom. The predicted molar refractivity (Wildman–Crippen MR) is 120 cm³/mol. The number of rotatable bonds is 10. The highest BCUT2D eigenvalue weighted by Gasteiger charge is 2.20. The lowest BCUT2D eigenvalue weighted by atomic mass is 9.88. The van der Waals surface area contributed by atoms with Crippen LogP contribution in [-0.2, 0) is 14.3 Å². The molecule has 4 heteroatoms. The number of unbranched alkanes of at least 4 members (excludes halogenated alkanes) is 1. The summed E-state index contributed by atoms with van der Waals surface area (Å²) in [7, 11) is 0. The van der Waals surface area contributed by atoms with E-state index in [4.69, 9.17) is 9.47 Å². The maximum Gasteiger partial charge on any atom is 0.330 e. The van der Waals surface area contributed by atoms with Crippen LogP contribution >= 0.6 is 0 Å². The highest BCUT2D eigenvalue weighted by molar-refractivity contribution is 5.82. The van der Waals surface area contributed by atoms with Crippen LogP contribution in [0.5, 0.6) is 0 Å². The fourth-order valence-electron chi connectivity index (χ4n) is 3.99. The summed E-state index contributed by atoms with van der Waals surface area (Å²) >= 11 is 0. The molecule has 0 amide bonds. The number of ether oxygens (including phenoxy) is 2. The first-order valence-electron chi connectivity index (χ1n) is 11.1. The molecule has 1 unspecified atom stereocenters. The van der Waals surface area contributed by atoms with Crippen LogP contribution in [-0.4, -0.2) is 32.3 Å². The summed E-state index contributed by atoms with van der Waals surface area (Å²) in [4.78, 5) is 11.8. The molecule has 3 rings (SSSR count). The SMILES string of the molecule is CCOC(=O)C=C1CCNCC1CCCCOC(c1ccccc1)c1ccccc1. The van der Waals surface area contributed by atoms with Gasteiger partial charge in [0, 0.05) is 19.2 Å². The molecule has 4 nitrogen and oxygen atoms in total. The largest absolute Gasteiger partial charge is 0.463 e. The Balaban J connectivity index is 1.50. The molecule has 1 heterocycles. The van der Waals surface area contributed by atoms with Crippen molar-refractivity contribution in [2.45, 2.75) is 38.7 Å². The van der Waals surface area contributed by atoms with Crippen molar-refractivity contribution in [2.75, 3.05) is 26.3 Å². The van der Waals surface area contributed by atoms with Gasteiger partial charge in [0.25, 0.3) is 0 Å². The first-order valence-corrected chi connectivity index (χ1v) is 11.1. The smallest absolute Gasteiger partial charge is 0.330 e. The number of piperidine rings is 1. The van der Waals surface area contributed by atoms with Gasteiger partial charge in [-0.25, -0.2) is 4.79 Å². The standard InChI is InChI=1S/C26H33NO3/c1-2-29-25(28)19-23-16-17-27-20-24(23)15-9-10-18-30-26(21-11-5-3-6-12-21)22-13-7-4-8-14-22/h3-8,11-14,19,24,26-27H,2,9-10,15-18,20H2,1H3. The first kappa shape index (κ1) is 22.3. The van der Waals surface area contributed by atoms with Crippen molar-refractivity contribution in [1.82, 2.24) is 5.32 Å². The monoisotopic (exact) mass is 407 g/mol. The Morgan fingerprint density at radius 1 is 1.07 bits per heavy atom. The summed E-state index contributed by atoms with van der Waals surface area (Å²) in [6, 6.07) is 20.8. The minimum absolute atomic E-state index is 0.0389. The van der Waals surface area contributed by atoms with Crippen molar-refractivity contribution in [1.29, 1.82) is 0 Å². The van der Waals surface area contributed by atoms with E-state index in [1.807, 2.05) is 19.1 Å². The number of hydrogen-bond acceptors (Lipinski definition) is 4. The molecule has 2 aromatic rings. The van der Waals surface area contributed by atoms with E-state index in [1.54, 1.807) is 6.08 Å². The molecule has 1 N–H and O–H groups in total. The third-order valence-corrected chi connectivity index (χ3v) is 5.53. The summed E-state index contributed by atoms with van der Waals surface area (Å²) in [5.74, 6) is 0.193. The van der Waals surface area contributed by atoms with Gasteiger partial charge in [0.2, 0.25) is 0 Å². The molecule has 1 atom stereocenters. The van der Waals surface area contributed by atoms with Gasteiger partial charge in [-0.1, -0.05) is 72.7 Å². The van der Waals surface area contributed by atoms with E-state index in [0.29, 0.717) is 19.1 Å². The number of benzene rings is 2. The van der Waals surface area contributed by atoms with Crippen molar-refractivity contribution in [3.63, 3.8) is 0 Å². The van der Waals surface area contributed by atoms with Crippen LogP contribution in [0, 0.1) is 5.92 Å². The van der Waals surface area contributed by atoms with Gasteiger partial charge in [-0.2, -0.15) is 0 Å². The van der Waals surface area contributed by atoms with Gasteiger partial charge in [0.15, 0.2) is 0 Å². The summed E-state index contributed by atoms with van der Waals surface area (Å²) in [6.45, 7) is 4.84. The molecule has 1 aliphatic heterocycles. The van der Waals surface area contributed by atoms with Crippen LogP contribution in [0.1, 0.15) is 49.8 Å². The highest BCUT2D eigenvalue weighted by atomic mass is 16.5. The Labute approximate surface area is 180 Å². The fourth-order valence-corrected chi connectivity index (χ4v) is 3.99. The van der Waals surface area contributed by atoms with Crippen LogP contribution in [0.2, 0.25) is 0 Å². The topological polar surface area (TPSA) is 47.6 Å². The van der Waals surface area contributed by atoms with E-state index in [0.717, 1.165) is 38.8 Å². The second-order valence-corrected chi connectivity index (χ2v) is 7.69. The maximum atomic E-state index is 11.8. The second-order valence-electron chi connectivity index (χ2n) is 7.69. The molecule has 0 spiro atoms. The molecule has 0 aliphatic carbocycles. The van der Waals surface area contributed by atoms with Gasteiger partial charge < -0.3 is 14.8 Å². The third-order valence-electron chi connectivity index (χ3n) is 5.53. The van der Waals surface area contributed by atoms with E-state index in [1.165, 1.54) is 16.7 Å². The van der Waals surface area contributed by atoms with Gasteiger partial charge in [0.1, 0.15) is 6.10 Å². The van der Waals surface area contributed by atoms with Crippen molar-refractivity contribution in [2.24, 2.45) is 5.92 Å². The van der Waals surface area contributed by atoms with E-state index in [-0.39, 0.29) is 12.1 Å². The first-order chi connectivity index (χ1) is 14.8. The molecule has 1 aliphatic rings. The van der Waals surface area contributed by atoms with E-state index in [2.05, 4.69) is 53.8 Å². The average molecular weight is 408 g/mol. The molecule has 0 bridgehead atoms. The minimum atomic E-state index is -0.212. The van der Waals surface area contributed by atoms with Crippen LogP contribution in [0.3, 0.4) is 0 Å². The number of carbonyl (C=O) groups excluding carboxylic acids is 1. The van der Waals surface area contributed by atoms with Crippen LogP contribution in [0.25, 0.3) is 0 Å². The summed E-state index contributed by atoms with van der Waals surface area (Å²) in [5, 5.41) is 3.45. The lowest BCUT2D eigenvalue weighted by Gasteiger charge is -2.26. The summed E-state index contributed by atoms with van der Waals surface area (Å²) < 4.78 is 11.4. The lowest BCUT2D eigenvalue weighted by Crippen LogP contribution is -2.32. The predicted octanol–water partition coefficient (Wildman–Crippen LogP) is 5.06. The molecule has 1 fully saturated rings. The molecule has 0 radical (unpaired) electrons. The number of hydrogen-bond donors (Lipinski definition) is 1. The summed E-state index contributed by atoms with van der Waals surface area (Å²) in [6.07, 6.45) is 5.73. The van der Waals surface area contributed by atoms with Gasteiger partial charge in [-0.05, 0) is 49.8 Å². The third kappa shape index (κ3) is 6.82. The fraction of sp³-hybridized carbons (Fsp3) is 0.423. The molecule has 0 aromatic heterocycles. The molecule has 2 aromatic carbocycles. The second kappa shape index (κ2) is 12.3. The van der Waals surface area contributed by atoms with E-state index < -0.39 is 0 Å². The average Bonchev–Trinajstić information content (AvgIpc) is 2.78. The summed E-state index contributed by atoms with van der Waals surface area (Å²) in [5.41, 5.74) is 3.58. The minimum Gasteiger partial charge on any atom is -0.463 e. The van der Waals surface area contributed by atoms with Gasteiger partial charge in [-0.3, -0.25) is 0 Å². The molecule has 1 saturated heterocycles. The Kier molecular flexibility index (Phi) is 9.13. The van der Waals surface area contributed by atoms with Gasteiger partial charge in [0.05, 0.1) is 6.61 Å².